The molecule has 0 radical (unpaired) electrons. The van der Waals surface area contributed by atoms with Crippen LogP contribution in [0.15, 0.2) is 36.4 Å². The number of carbonyl (C=O) groups excluding carboxylic acids is 1. The summed E-state index contributed by atoms with van der Waals surface area (Å²) in [6.45, 7) is 2.26. The van der Waals surface area contributed by atoms with Gasteiger partial charge in [0.05, 0.1) is 5.52 Å². The van der Waals surface area contributed by atoms with E-state index in [-0.39, 0.29) is 5.91 Å². The predicted molar refractivity (Wildman–Crippen MR) is 118 cm³/mol. The molecule has 4 heteroatoms. The van der Waals surface area contributed by atoms with Crippen LogP contribution in [-0.4, -0.2) is 20.9 Å². The molecule has 1 aromatic carbocycles. The molecule has 0 amide bonds. The summed E-state index contributed by atoms with van der Waals surface area (Å²) in [7, 11) is 0. The van der Waals surface area contributed by atoms with Gasteiger partial charge in [0.1, 0.15) is 5.52 Å². The lowest BCUT2D eigenvalue weighted by Gasteiger charge is -2.02. The number of para-hydroxylation sites is 1. The van der Waals surface area contributed by atoms with Gasteiger partial charge in [-0.1, -0.05) is 87.8 Å². The van der Waals surface area contributed by atoms with Gasteiger partial charge in [-0.3, -0.25) is 4.79 Å². The molecule has 0 bridgehead atoms. The predicted octanol–water partition coefficient (Wildman–Crippen LogP) is 7.11. The molecule has 0 spiro atoms. The summed E-state index contributed by atoms with van der Waals surface area (Å²) in [5.41, 5.74) is 1.59. The van der Waals surface area contributed by atoms with Crippen molar-refractivity contribution in [2.45, 2.75) is 96.8 Å². The lowest BCUT2D eigenvalue weighted by Crippen LogP contribution is -2.12. The number of hydrogen-bond acceptors (Lipinski definition) is 3. The van der Waals surface area contributed by atoms with Crippen LogP contribution in [-0.2, 0) is 0 Å². The van der Waals surface area contributed by atoms with Crippen molar-refractivity contribution in [2.75, 3.05) is 0 Å². The highest BCUT2D eigenvalue weighted by Gasteiger charge is 2.10. The summed E-state index contributed by atoms with van der Waals surface area (Å²) in [5, 5.41) is 8.04. The molecule has 0 N–H and O–H groups in total. The molecule has 0 aliphatic heterocycles. The Morgan fingerprint density at radius 2 is 1.46 bits per heavy atom. The maximum atomic E-state index is 12.3. The quantitative estimate of drug-likeness (QED) is 0.243. The Bertz CT molecular complexity index is 705. The number of nitrogens with zero attached hydrogens (tertiary/aromatic N) is 3. The third-order valence-electron chi connectivity index (χ3n) is 5.24. The van der Waals surface area contributed by atoms with Gasteiger partial charge in [-0.25, -0.2) is 0 Å². The minimum Gasteiger partial charge on any atom is -0.273 e. The maximum Gasteiger partial charge on any atom is 0.248 e. The molecular weight excluding hydrogens is 346 g/mol. The summed E-state index contributed by atoms with van der Waals surface area (Å²) in [6.07, 6.45) is 21.7. The van der Waals surface area contributed by atoms with Crippen LogP contribution in [0.5, 0.6) is 0 Å². The topological polar surface area (TPSA) is 47.8 Å². The third kappa shape index (κ3) is 8.37. The van der Waals surface area contributed by atoms with Crippen LogP contribution in [0.3, 0.4) is 0 Å². The van der Waals surface area contributed by atoms with Gasteiger partial charge in [-0.2, -0.15) is 4.68 Å². The zero-order valence-corrected chi connectivity index (χ0v) is 17.6. The number of carbonyl (C=O) groups is 1. The summed E-state index contributed by atoms with van der Waals surface area (Å²) >= 11 is 0. The average Bonchev–Trinajstić information content (AvgIpc) is 3.15. The van der Waals surface area contributed by atoms with Gasteiger partial charge in [-0.15, -0.1) is 5.10 Å². The Kier molecular flexibility index (Phi) is 11.2. The summed E-state index contributed by atoms with van der Waals surface area (Å²) in [6, 6.07) is 7.61. The van der Waals surface area contributed by atoms with Gasteiger partial charge >= 0.3 is 0 Å². The molecule has 0 aliphatic rings. The molecular formula is C24H37N3O. The van der Waals surface area contributed by atoms with Crippen LogP contribution in [0.2, 0.25) is 0 Å². The standard InChI is InChI=1S/C24H37N3O/c1-2-3-4-5-6-7-8-9-10-11-12-13-14-15-16-21-24(28)27-23-20-18-17-19-22(23)25-26-27/h7-8,17-20H,2-6,9-16,21H2,1H3/b8-7+. The third-order valence-corrected chi connectivity index (χ3v) is 5.24. The summed E-state index contributed by atoms with van der Waals surface area (Å²) < 4.78 is 1.45. The normalized spacial score (nSPS) is 11.6. The van der Waals surface area contributed by atoms with Crippen molar-refractivity contribution in [3.8, 4) is 0 Å². The van der Waals surface area contributed by atoms with E-state index in [1.54, 1.807) is 0 Å². The molecule has 1 heterocycles. The largest absolute Gasteiger partial charge is 0.273 e. The highest BCUT2D eigenvalue weighted by molar-refractivity contribution is 5.88. The smallest absolute Gasteiger partial charge is 0.248 e. The molecule has 1 aromatic heterocycles. The Hall–Kier alpha value is -1.97. The number of unbranched alkanes of at least 4 members (excludes halogenated alkanes) is 11. The Morgan fingerprint density at radius 3 is 2.18 bits per heavy atom. The number of benzene rings is 1. The van der Waals surface area contributed by atoms with E-state index in [0.717, 1.165) is 23.9 Å². The second-order valence-electron chi connectivity index (χ2n) is 7.72. The number of fused-ring (bicyclic) bond motifs is 1. The first kappa shape index (κ1) is 22.3. The molecule has 0 saturated carbocycles. The van der Waals surface area contributed by atoms with Gasteiger partial charge in [0, 0.05) is 6.42 Å². The van der Waals surface area contributed by atoms with Crippen molar-refractivity contribution in [1.29, 1.82) is 0 Å². The molecule has 0 unspecified atom stereocenters. The molecule has 0 saturated heterocycles. The van der Waals surface area contributed by atoms with Crippen LogP contribution in [0.4, 0.5) is 0 Å². The van der Waals surface area contributed by atoms with Crippen molar-refractivity contribution in [1.82, 2.24) is 15.0 Å². The van der Waals surface area contributed by atoms with Crippen molar-refractivity contribution in [3.63, 3.8) is 0 Å². The lowest BCUT2D eigenvalue weighted by atomic mass is 10.1. The minimum atomic E-state index is 0.0511. The Morgan fingerprint density at radius 1 is 0.857 bits per heavy atom. The first-order valence-corrected chi connectivity index (χ1v) is 11.3. The zero-order valence-electron chi connectivity index (χ0n) is 17.6. The number of allylic oxidation sites excluding steroid dienone is 2. The highest BCUT2D eigenvalue weighted by atomic mass is 16.2. The van der Waals surface area contributed by atoms with E-state index >= 15 is 0 Å². The first-order chi connectivity index (χ1) is 13.8. The van der Waals surface area contributed by atoms with E-state index in [1.807, 2.05) is 24.3 Å². The molecule has 154 valence electrons. The average molecular weight is 384 g/mol. The van der Waals surface area contributed by atoms with E-state index in [0.29, 0.717) is 6.42 Å². The number of hydrogen-bond donors (Lipinski definition) is 0. The Balaban J connectivity index is 1.43. The molecule has 0 fully saturated rings. The maximum absolute atomic E-state index is 12.3. The van der Waals surface area contributed by atoms with Crippen LogP contribution >= 0.6 is 0 Å². The van der Waals surface area contributed by atoms with Crippen molar-refractivity contribution in [3.05, 3.63) is 36.4 Å². The SMILES string of the molecule is CCCCCC/C=C/CCCCCCCCCC(=O)n1nnc2ccccc21. The van der Waals surface area contributed by atoms with E-state index in [9.17, 15) is 4.79 Å². The van der Waals surface area contributed by atoms with Crippen LogP contribution in [0, 0.1) is 0 Å². The summed E-state index contributed by atoms with van der Waals surface area (Å²) in [5.74, 6) is 0.0511. The van der Waals surface area contributed by atoms with E-state index in [2.05, 4.69) is 29.4 Å². The number of rotatable bonds is 15. The Labute approximate surface area is 170 Å². The molecule has 4 nitrogen and oxygen atoms in total. The van der Waals surface area contributed by atoms with Crippen molar-refractivity contribution >= 4 is 16.9 Å². The van der Waals surface area contributed by atoms with Gasteiger partial charge < -0.3 is 0 Å². The van der Waals surface area contributed by atoms with Crippen molar-refractivity contribution < 1.29 is 4.79 Å². The van der Waals surface area contributed by atoms with Gasteiger partial charge in [0.15, 0.2) is 0 Å². The van der Waals surface area contributed by atoms with Crippen LogP contribution in [0.25, 0.3) is 11.0 Å². The van der Waals surface area contributed by atoms with E-state index in [4.69, 9.17) is 0 Å². The molecule has 2 rings (SSSR count). The van der Waals surface area contributed by atoms with E-state index < -0.39 is 0 Å². The highest BCUT2D eigenvalue weighted by Crippen LogP contribution is 2.13. The zero-order chi connectivity index (χ0) is 19.9. The lowest BCUT2D eigenvalue weighted by molar-refractivity contribution is 0.0886. The second-order valence-corrected chi connectivity index (χ2v) is 7.72. The number of aromatic nitrogens is 3. The van der Waals surface area contributed by atoms with Gasteiger partial charge in [-0.05, 0) is 44.2 Å². The van der Waals surface area contributed by atoms with Crippen LogP contribution in [0.1, 0.15) is 102 Å². The fourth-order valence-corrected chi connectivity index (χ4v) is 3.51. The van der Waals surface area contributed by atoms with E-state index in [1.165, 1.54) is 75.3 Å². The van der Waals surface area contributed by atoms with Crippen molar-refractivity contribution in [2.24, 2.45) is 0 Å². The monoisotopic (exact) mass is 383 g/mol. The fourth-order valence-electron chi connectivity index (χ4n) is 3.51. The summed E-state index contributed by atoms with van der Waals surface area (Å²) in [4.78, 5) is 12.3. The minimum absolute atomic E-state index is 0.0511. The molecule has 0 aliphatic carbocycles. The molecule has 0 atom stereocenters. The van der Waals surface area contributed by atoms with Crippen LogP contribution < -0.4 is 0 Å². The second kappa shape index (κ2) is 14.1. The fraction of sp³-hybridized carbons (Fsp3) is 0.625. The first-order valence-electron chi connectivity index (χ1n) is 11.3. The van der Waals surface area contributed by atoms with Gasteiger partial charge in [0.2, 0.25) is 5.91 Å². The van der Waals surface area contributed by atoms with Gasteiger partial charge in [0.25, 0.3) is 0 Å². The molecule has 28 heavy (non-hydrogen) atoms. The molecule has 2 aromatic rings.